The Labute approximate surface area is 85.6 Å². The van der Waals surface area contributed by atoms with Gasteiger partial charge in [0.1, 0.15) is 0 Å². The van der Waals surface area contributed by atoms with E-state index in [0.717, 1.165) is 6.92 Å². The van der Waals surface area contributed by atoms with Crippen molar-refractivity contribution in [3.8, 4) is 0 Å². The molecular weight excluding hydrogens is 208 g/mol. The standard InChI is InChI=1S/C5H8O4.C3H4O3/c1-9-5(8)3-2-4(6)7;1-2(4)3(5)6/h2-3H2,1H3,(H,6,7);1H3,(H,5,6). The number of hydrogen-bond donors (Lipinski definition) is 2. The Balaban J connectivity index is 0. The number of carboxylic acids is 2. The second-order valence-corrected chi connectivity index (χ2v) is 2.33. The summed E-state index contributed by atoms with van der Waals surface area (Å²) in [5.41, 5.74) is 0. The topological polar surface area (TPSA) is 118 Å². The van der Waals surface area contributed by atoms with E-state index in [4.69, 9.17) is 10.2 Å². The molecule has 15 heavy (non-hydrogen) atoms. The lowest BCUT2D eigenvalue weighted by molar-refractivity contribution is -0.148. The van der Waals surface area contributed by atoms with Crippen LogP contribution in [0, 0.1) is 0 Å². The van der Waals surface area contributed by atoms with Crippen LogP contribution in [0.2, 0.25) is 0 Å². The van der Waals surface area contributed by atoms with Gasteiger partial charge in [0.2, 0.25) is 5.78 Å². The third kappa shape index (κ3) is 14.9. The molecule has 7 heteroatoms. The van der Waals surface area contributed by atoms with Crippen LogP contribution < -0.4 is 0 Å². The minimum Gasteiger partial charge on any atom is -0.481 e. The summed E-state index contributed by atoms with van der Waals surface area (Å²) in [5.74, 6) is -3.68. The van der Waals surface area contributed by atoms with E-state index in [9.17, 15) is 19.2 Å². The first-order chi connectivity index (χ1) is 6.81. The molecule has 0 unspecified atom stereocenters. The summed E-state index contributed by atoms with van der Waals surface area (Å²) in [7, 11) is 1.23. The van der Waals surface area contributed by atoms with Gasteiger partial charge in [0.25, 0.3) is 0 Å². The largest absolute Gasteiger partial charge is 0.481 e. The van der Waals surface area contributed by atoms with Crippen molar-refractivity contribution < 1.29 is 34.1 Å². The Morgan fingerprint density at radius 2 is 1.47 bits per heavy atom. The first-order valence-electron chi connectivity index (χ1n) is 3.83. The number of esters is 1. The molecule has 0 radical (unpaired) electrons. The molecule has 0 fully saturated rings. The third-order valence-electron chi connectivity index (χ3n) is 1.07. The monoisotopic (exact) mass is 220 g/mol. The Morgan fingerprint density at radius 3 is 1.67 bits per heavy atom. The molecule has 0 aromatic carbocycles. The SMILES string of the molecule is CC(=O)C(=O)O.COC(=O)CCC(=O)O. The van der Waals surface area contributed by atoms with Crippen molar-refractivity contribution >= 4 is 23.7 Å². The van der Waals surface area contributed by atoms with Crippen LogP contribution in [0.1, 0.15) is 19.8 Å². The number of ether oxygens (including phenoxy) is 1. The molecule has 0 atom stereocenters. The smallest absolute Gasteiger partial charge is 0.371 e. The predicted molar refractivity (Wildman–Crippen MR) is 47.2 cm³/mol. The van der Waals surface area contributed by atoms with Crippen molar-refractivity contribution in [2.75, 3.05) is 7.11 Å². The average molecular weight is 220 g/mol. The van der Waals surface area contributed by atoms with Crippen LogP contribution in [-0.4, -0.2) is 41.0 Å². The van der Waals surface area contributed by atoms with Gasteiger partial charge in [-0.15, -0.1) is 0 Å². The molecule has 2 N–H and O–H groups in total. The van der Waals surface area contributed by atoms with E-state index in [2.05, 4.69) is 4.74 Å². The number of methoxy groups -OCH3 is 1. The summed E-state index contributed by atoms with van der Waals surface area (Å²) >= 11 is 0. The van der Waals surface area contributed by atoms with Crippen molar-refractivity contribution in [2.24, 2.45) is 0 Å². The van der Waals surface area contributed by atoms with Crippen molar-refractivity contribution in [1.82, 2.24) is 0 Å². The molecule has 7 nitrogen and oxygen atoms in total. The van der Waals surface area contributed by atoms with Crippen molar-refractivity contribution in [3.05, 3.63) is 0 Å². The second kappa shape index (κ2) is 8.67. The first-order valence-corrected chi connectivity index (χ1v) is 3.83. The zero-order chi connectivity index (χ0) is 12.4. The van der Waals surface area contributed by atoms with Crippen molar-refractivity contribution in [2.45, 2.75) is 19.8 Å². The summed E-state index contributed by atoms with van der Waals surface area (Å²) in [5, 5.41) is 15.7. The Morgan fingerprint density at radius 1 is 1.07 bits per heavy atom. The molecule has 86 valence electrons. The van der Waals surface area contributed by atoms with Crippen LogP contribution >= 0.6 is 0 Å². The summed E-state index contributed by atoms with van der Waals surface area (Å²) in [6.45, 7) is 1.00. The van der Waals surface area contributed by atoms with Gasteiger partial charge >= 0.3 is 17.9 Å². The van der Waals surface area contributed by atoms with Gasteiger partial charge in [-0.05, 0) is 0 Å². The van der Waals surface area contributed by atoms with E-state index in [1.165, 1.54) is 7.11 Å². The van der Waals surface area contributed by atoms with Gasteiger partial charge in [-0.2, -0.15) is 0 Å². The number of carbonyl (C=O) groups excluding carboxylic acids is 2. The minimum absolute atomic E-state index is 0.0498. The zero-order valence-electron chi connectivity index (χ0n) is 8.35. The van der Waals surface area contributed by atoms with Crippen LogP contribution in [0.5, 0.6) is 0 Å². The van der Waals surface area contributed by atoms with E-state index in [1.807, 2.05) is 0 Å². The minimum atomic E-state index is -1.38. The van der Waals surface area contributed by atoms with Crippen LogP contribution in [0.25, 0.3) is 0 Å². The summed E-state index contributed by atoms with van der Waals surface area (Å²) < 4.78 is 4.20. The molecule has 0 aliphatic heterocycles. The van der Waals surface area contributed by atoms with E-state index in [0.29, 0.717) is 0 Å². The van der Waals surface area contributed by atoms with Gasteiger partial charge < -0.3 is 14.9 Å². The number of aliphatic carboxylic acids is 2. The molecule has 0 saturated carbocycles. The maximum atomic E-state index is 10.2. The molecule has 0 aliphatic carbocycles. The van der Waals surface area contributed by atoms with Gasteiger partial charge in [0.05, 0.1) is 20.0 Å². The molecule has 0 amide bonds. The van der Waals surface area contributed by atoms with Crippen LogP contribution in [0.3, 0.4) is 0 Å². The highest BCUT2D eigenvalue weighted by Gasteiger charge is 2.02. The van der Waals surface area contributed by atoms with Crippen LogP contribution in [0.15, 0.2) is 0 Å². The van der Waals surface area contributed by atoms with E-state index >= 15 is 0 Å². The number of carbonyl (C=O) groups is 4. The summed E-state index contributed by atoms with van der Waals surface area (Å²) in [6.07, 6.45) is -0.210. The van der Waals surface area contributed by atoms with Gasteiger partial charge in [-0.1, -0.05) is 0 Å². The highest BCUT2D eigenvalue weighted by molar-refractivity contribution is 6.31. The number of Topliss-reactive ketones (excluding diaryl/α,β-unsaturated/α-hetero) is 1. The number of rotatable bonds is 4. The van der Waals surface area contributed by atoms with E-state index in [-0.39, 0.29) is 12.8 Å². The molecule has 0 aliphatic rings. The average Bonchev–Trinajstić information content (AvgIpc) is 2.14. The number of carboxylic acid groups (broad SMARTS) is 2. The highest BCUT2D eigenvalue weighted by Crippen LogP contribution is 1.89. The van der Waals surface area contributed by atoms with E-state index in [1.54, 1.807) is 0 Å². The first kappa shape index (κ1) is 15.5. The van der Waals surface area contributed by atoms with Crippen LogP contribution in [-0.2, 0) is 23.9 Å². The van der Waals surface area contributed by atoms with Gasteiger partial charge in [0, 0.05) is 6.92 Å². The van der Waals surface area contributed by atoms with Crippen molar-refractivity contribution in [3.63, 3.8) is 0 Å². The number of ketones is 1. The lowest BCUT2D eigenvalue weighted by atomic mass is 10.3. The molecular formula is C8H12O7. The Kier molecular flexibility index (Phi) is 8.98. The van der Waals surface area contributed by atoms with Crippen molar-refractivity contribution in [1.29, 1.82) is 0 Å². The fourth-order valence-electron chi connectivity index (χ4n) is 0.311. The van der Waals surface area contributed by atoms with Gasteiger partial charge in [0.15, 0.2) is 0 Å². The molecule has 0 heterocycles. The lowest BCUT2D eigenvalue weighted by Gasteiger charge is -1.92. The maximum Gasteiger partial charge on any atom is 0.371 e. The fourth-order valence-corrected chi connectivity index (χ4v) is 0.311. The molecule has 0 aromatic heterocycles. The lowest BCUT2D eigenvalue weighted by Crippen LogP contribution is -2.05. The molecule has 0 rings (SSSR count). The molecule has 0 aromatic rings. The van der Waals surface area contributed by atoms with Gasteiger partial charge in [-0.25, -0.2) is 4.79 Å². The third-order valence-corrected chi connectivity index (χ3v) is 1.07. The normalized spacial score (nSPS) is 8.13. The highest BCUT2D eigenvalue weighted by atomic mass is 16.5. The second-order valence-electron chi connectivity index (χ2n) is 2.33. The maximum absolute atomic E-state index is 10.2. The predicted octanol–water partition coefficient (Wildman–Crippen LogP) is -0.316. The Hall–Kier alpha value is -1.92. The fraction of sp³-hybridized carbons (Fsp3) is 0.500. The molecule has 0 spiro atoms. The number of hydrogen-bond acceptors (Lipinski definition) is 5. The zero-order valence-corrected chi connectivity index (χ0v) is 8.35. The Bertz CT molecular complexity index is 244. The summed E-state index contributed by atoms with van der Waals surface area (Å²) in [4.78, 5) is 38.9. The van der Waals surface area contributed by atoms with Gasteiger partial charge in [-0.3, -0.25) is 14.4 Å². The molecule has 0 bridgehead atoms. The summed E-state index contributed by atoms with van der Waals surface area (Å²) in [6, 6.07) is 0. The quantitative estimate of drug-likeness (QED) is 0.492. The molecule has 0 saturated heterocycles. The van der Waals surface area contributed by atoms with Crippen LogP contribution in [0.4, 0.5) is 0 Å². The van der Waals surface area contributed by atoms with E-state index < -0.39 is 23.7 Å².